The van der Waals surface area contributed by atoms with E-state index in [2.05, 4.69) is 64.6 Å². The van der Waals surface area contributed by atoms with Gasteiger partial charge in [-0.25, -0.2) is 0 Å². The zero-order chi connectivity index (χ0) is 31.0. The van der Waals surface area contributed by atoms with Gasteiger partial charge in [-0.15, -0.1) is 0 Å². The molecule has 1 amide bonds. The van der Waals surface area contributed by atoms with Crippen LogP contribution in [0.25, 0.3) is 0 Å². The van der Waals surface area contributed by atoms with Crippen molar-refractivity contribution in [1.82, 2.24) is 14.7 Å². The first-order valence-electron chi connectivity index (χ1n) is 15.4. The first-order valence-corrected chi connectivity index (χ1v) is 15.4. The van der Waals surface area contributed by atoms with Gasteiger partial charge in [0.25, 0.3) is 0 Å². The minimum Gasteiger partial charge on any atom is -0.493 e. The molecular formula is C33H53N3O6. The van der Waals surface area contributed by atoms with Crippen LogP contribution in [0.2, 0.25) is 0 Å². The van der Waals surface area contributed by atoms with Crippen molar-refractivity contribution >= 4 is 11.9 Å². The predicted octanol–water partition coefficient (Wildman–Crippen LogP) is 5.25. The van der Waals surface area contributed by atoms with Crippen LogP contribution < -0.4 is 14.2 Å². The molecule has 3 rings (SSSR count). The number of rotatable bonds is 16. The molecule has 0 bridgehead atoms. The molecule has 0 saturated carbocycles. The van der Waals surface area contributed by atoms with Crippen molar-refractivity contribution in [3.8, 4) is 17.2 Å². The minimum absolute atomic E-state index is 0.0754. The second-order valence-electron chi connectivity index (χ2n) is 13.1. The van der Waals surface area contributed by atoms with Crippen molar-refractivity contribution in [3.63, 3.8) is 0 Å². The number of fused-ring (bicyclic) bond motifs is 1. The Kier molecular flexibility index (Phi) is 12.1. The molecule has 9 nitrogen and oxygen atoms in total. The molecule has 1 aromatic carbocycles. The summed E-state index contributed by atoms with van der Waals surface area (Å²) in [5.41, 5.74) is 1.77. The molecule has 0 aliphatic carbocycles. The molecule has 236 valence electrons. The van der Waals surface area contributed by atoms with Crippen molar-refractivity contribution in [2.75, 3.05) is 60.7 Å². The number of amides is 1. The maximum absolute atomic E-state index is 13.9. The quantitative estimate of drug-likeness (QED) is 0.207. The Balaban J connectivity index is 1.94. The molecule has 1 N–H and O–H groups in total. The average Bonchev–Trinajstić information content (AvgIpc) is 3.51. The lowest BCUT2D eigenvalue weighted by Crippen LogP contribution is -2.46. The number of benzene rings is 1. The molecule has 9 heteroatoms. The first-order chi connectivity index (χ1) is 19.9. The van der Waals surface area contributed by atoms with Crippen LogP contribution in [0.1, 0.15) is 78.2 Å². The fourth-order valence-electron chi connectivity index (χ4n) is 6.54. The van der Waals surface area contributed by atoms with E-state index in [1.807, 2.05) is 17.0 Å². The maximum Gasteiger partial charge on any atom is 0.308 e. The van der Waals surface area contributed by atoms with Gasteiger partial charge in [0.05, 0.1) is 19.6 Å². The predicted molar refractivity (Wildman–Crippen MR) is 165 cm³/mol. The normalized spacial score (nSPS) is 20.2. The number of carbonyl (C=O) groups excluding carboxylic acids is 1. The number of carboxylic acids is 1. The smallest absolute Gasteiger partial charge is 0.308 e. The van der Waals surface area contributed by atoms with Crippen molar-refractivity contribution in [3.05, 3.63) is 29.3 Å². The summed E-state index contributed by atoms with van der Waals surface area (Å²) >= 11 is 0. The number of unbranched alkanes of at least 4 members (excludes halogenated alkanes) is 2. The summed E-state index contributed by atoms with van der Waals surface area (Å²) in [4.78, 5) is 33.1. The van der Waals surface area contributed by atoms with Gasteiger partial charge in [0.2, 0.25) is 18.4 Å². The molecule has 3 atom stereocenters. The molecule has 42 heavy (non-hydrogen) atoms. The molecule has 0 aromatic heterocycles. The van der Waals surface area contributed by atoms with E-state index in [9.17, 15) is 14.7 Å². The number of nitrogens with zero attached hydrogens (tertiary/aromatic N) is 3. The zero-order valence-electron chi connectivity index (χ0n) is 27.1. The van der Waals surface area contributed by atoms with Crippen molar-refractivity contribution in [2.45, 2.75) is 78.7 Å². The molecular weight excluding hydrogens is 534 g/mol. The zero-order valence-corrected chi connectivity index (χ0v) is 27.1. The highest BCUT2D eigenvalue weighted by molar-refractivity contribution is 5.79. The monoisotopic (exact) mass is 587 g/mol. The van der Waals surface area contributed by atoms with Gasteiger partial charge in [-0.05, 0) is 83.3 Å². The van der Waals surface area contributed by atoms with E-state index >= 15 is 0 Å². The molecule has 0 spiro atoms. The number of ether oxygens (including phenoxy) is 3. The largest absolute Gasteiger partial charge is 0.493 e. The molecule has 1 saturated heterocycles. The Hall–Kier alpha value is -2.78. The third kappa shape index (κ3) is 8.86. The van der Waals surface area contributed by atoms with Gasteiger partial charge < -0.3 is 29.1 Å². The first kappa shape index (κ1) is 33.7. The van der Waals surface area contributed by atoms with Gasteiger partial charge in [0, 0.05) is 31.6 Å². The lowest BCUT2D eigenvalue weighted by atomic mass is 9.77. The van der Waals surface area contributed by atoms with E-state index in [1.54, 1.807) is 7.11 Å². The van der Waals surface area contributed by atoms with Crippen LogP contribution in [-0.2, 0) is 9.59 Å². The summed E-state index contributed by atoms with van der Waals surface area (Å²) in [6.45, 7) is 13.8. The van der Waals surface area contributed by atoms with Crippen LogP contribution in [0.15, 0.2) is 23.8 Å². The number of allylic oxidation sites excluding steroid dienone is 2. The number of likely N-dealkylation sites (tertiary alicyclic amines) is 1. The SMILES string of the molecule is CCCCN(CCCCN(C)C)C(=O)CN1C[C@H](c2cc(OC)c3c(c2)OCO3)C(C(=O)O)[C@@H]1CC(C)(C)C=C(C)C. The number of hydrogen-bond donors (Lipinski definition) is 1. The number of carboxylic acid groups (broad SMARTS) is 1. The van der Waals surface area contributed by atoms with Gasteiger partial charge in [-0.1, -0.05) is 38.8 Å². The van der Waals surface area contributed by atoms with Crippen LogP contribution in [0, 0.1) is 11.3 Å². The highest BCUT2D eigenvalue weighted by atomic mass is 16.7. The van der Waals surface area contributed by atoms with E-state index in [4.69, 9.17) is 14.2 Å². The van der Waals surface area contributed by atoms with E-state index in [0.29, 0.717) is 30.2 Å². The van der Waals surface area contributed by atoms with Crippen molar-refractivity contribution < 1.29 is 28.9 Å². The number of hydrogen-bond acceptors (Lipinski definition) is 7. The minimum atomic E-state index is -0.851. The maximum atomic E-state index is 13.9. The summed E-state index contributed by atoms with van der Waals surface area (Å²) in [6.07, 6.45) is 6.77. The highest BCUT2D eigenvalue weighted by Crippen LogP contribution is 2.48. The van der Waals surface area contributed by atoms with Crippen molar-refractivity contribution in [1.29, 1.82) is 0 Å². The van der Waals surface area contributed by atoms with Crippen molar-refractivity contribution in [2.24, 2.45) is 11.3 Å². The lowest BCUT2D eigenvalue weighted by molar-refractivity contribution is -0.144. The fraction of sp³-hybridized carbons (Fsp3) is 0.697. The second-order valence-corrected chi connectivity index (χ2v) is 13.1. The number of carbonyl (C=O) groups is 2. The highest BCUT2D eigenvalue weighted by Gasteiger charge is 2.49. The topological polar surface area (TPSA) is 91.8 Å². The summed E-state index contributed by atoms with van der Waals surface area (Å²) < 4.78 is 16.9. The van der Waals surface area contributed by atoms with E-state index < -0.39 is 11.9 Å². The Morgan fingerprint density at radius 2 is 1.81 bits per heavy atom. The van der Waals surface area contributed by atoms with Gasteiger partial charge >= 0.3 is 5.97 Å². The summed E-state index contributed by atoms with van der Waals surface area (Å²) in [7, 11) is 5.70. The van der Waals surface area contributed by atoms with Gasteiger partial charge in [0.1, 0.15) is 0 Å². The molecule has 1 aromatic rings. The summed E-state index contributed by atoms with van der Waals surface area (Å²) in [5.74, 6) is -0.175. The summed E-state index contributed by atoms with van der Waals surface area (Å²) in [5, 5.41) is 10.7. The third-order valence-electron chi connectivity index (χ3n) is 8.31. The van der Waals surface area contributed by atoms with Crippen LogP contribution in [-0.4, -0.2) is 98.4 Å². The van der Waals surface area contributed by atoms with Crippen LogP contribution >= 0.6 is 0 Å². The molecule has 2 heterocycles. The second kappa shape index (κ2) is 15.1. The molecule has 2 aliphatic rings. The Labute approximate surface area is 252 Å². The van der Waals surface area contributed by atoms with Crippen LogP contribution in [0.4, 0.5) is 0 Å². The Morgan fingerprint density at radius 1 is 1.12 bits per heavy atom. The Bertz CT molecular complexity index is 1100. The standard InChI is InChI=1S/C33H53N3O6/c1-9-10-14-35(15-12-11-13-34(6)7)29(37)21-36-20-25(24-16-27(40-8)31-28(17-24)41-22-42-31)30(32(38)39)26(36)19-33(4,5)18-23(2)3/h16-18,25-26,30H,9-15,19-22H2,1-8H3,(H,38,39)/t25-,26+,30?/m1/s1. The van der Waals surface area contributed by atoms with Crippen LogP contribution in [0.5, 0.6) is 17.2 Å². The van der Waals surface area contributed by atoms with Gasteiger partial charge in [0.15, 0.2) is 11.5 Å². The Morgan fingerprint density at radius 3 is 2.43 bits per heavy atom. The van der Waals surface area contributed by atoms with E-state index in [-0.39, 0.29) is 36.6 Å². The third-order valence-corrected chi connectivity index (χ3v) is 8.31. The summed E-state index contributed by atoms with van der Waals surface area (Å²) in [6, 6.07) is 3.43. The van der Waals surface area contributed by atoms with Crippen LogP contribution in [0.3, 0.4) is 0 Å². The van der Waals surface area contributed by atoms with E-state index in [0.717, 1.165) is 50.9 Å². The molecule has 2 aliphatic heterocycles. The van der Waals surface area contributed by atoms with E-state index in [1.165, 1.54) is 5.57 Å². The molecule has 1 fully saturated rings. The average molecular weight is 588 g/mol. The fourth-order valence-corrected chi connectivity index (χ4v) is 6.54. The molecule has 0 radical (unpaired) electrons. The van der Waals surface area contributed by atoms with Gasteiger partial charge in [-0.2, -0.15) is 0 Å². The lowest BCUT2D eigenvalue weighted by Gasteiger charge is -2.34. The van der Waals surface area contributed by atoms with Gasteiger partial charge in [-0.3, -0.25) is 14.5 Å². The molecule has 1 unspecified atom stereocenters. The number of aliphatic carboxylic acids is 1. The number of methoxy groups -OCH3 is 1.